The van der Waals surface area contributed by atoms with E-state index in [1.54, 1.807) is 0 Å². The molecule has 0 radical (unpaired) electrons. The van der Waals surface area contributed by atoms with Crippen LogP contribution in [0.5, 0.6) is 0 Å². The van der Waals surface area contributed by atoms with Crippen LogP contribution in [0.2, 0.25) is 0 Å². The lowest BCUT2D eigenvalue weighted by atomic mass is 10.2. The van der Waals surface area contributed by atoms with Crippen molar-refractivity contribution in [2.45, 2.75) is 6.54 Å². The van der Waals surface area contributed by atoms with Gasteiger partial charge in [0.15, 0.2) is 0 Å². The van der Waals surface area contributed by atoms with Gasteiger partial charge in [-0.1, -0.05) is 25.2 Å². The summed E-state index contributed by atoms with van der Waals surface area (Å²) in [7, 11) is 0. The third kappa shape index (κ3) is 3.43. The van der Waals surface area contributed by atoms with E-state index in [1.807, 2.05) is 30.5 Å². The predicted octanol–water partition coefficient (Wildman–Crippen LogP) is 2.37. The van der Waals surface area contributed by atoms with Crippen LogP contribution >= 0.6 is 0 Å². The molecule has 2 heterocycles. The third-order valence-corrected chi connectivity index (χ3v) is 3.54. The zero-order chi connectivity index (χ0) is 14.4. The average Bonchev–Trinajstić information content (AvgIpc) is 2.93. The third-order valence-electron chi connectivity index (χ3n) is 3.54. The Kier molecular flexibility index (Phi) is 4.86. The molecule has 0 aromatic carbocycles. The maximum absolute atomic E-state index is 5.38. The van der Waals surface area contributed by atoms with Crippen LogP contribution in [0.3, 0.4) is 0 Å². The molecule has 3 heteroatoms. The van der Waals surface area contributed by atoms with Gasteiger partial charge in [0.2, 0.25) is 0 Å². The second-order valence-corrected chi connectivity index (χ2v) is 4.85. The molecular formula is C17H21N3. The summed E-state index contributed by atoms with van der Waals surface area (Å²) in [5.74, 6) is 2.64. The number of piperazine rings is 1. The van der Waals surface area contributed by atoms with Crippen LogP contribution < -0.4 is 0 Å². The molecule has 20 heavy (non-hydrogen) atoms. The molecule has 2 rings (SSSR count). The number of hydrogen-bond donors (Lipinski definition) is 1. The van der Waals surface area contributed by atoms with E-state index in [4.69, 9.17) is 6.42 Å². The SMILES string of the molecule is C#Cc1c[nH]c(CN2CCN(/C(C=C)=C/C=C)CC2)c1. The van der Waals surface area contributed by atoms with Crippen LogP contribution in [0, 0.1) is 12.3 Å². The van der Waals surface area contributed by atoms with Crippen LogP contribution in [0.15, 0.2) is 49.3 Å². The molecule has 0 spiro atoms. The maximum atomic E-state index is 5.38. The Labute approximate surface area is 121 Å². The summed E-state index contributed by atoms with van der Waals surface area (Å²) in [5.41, 5.74) is 3.24. The number of aromatic amines is 1. The van der Waals surface area contributed by atoms with Crippen LogP contribution in [0.1, 0.15) is 11.3 Å². The van der Waals surface area contributed by atoms with Gasteiger partial charge in [-0.15, -0.1) is 6.42 Å². The molecule has 0 saturated carbocycles. The first-order valence-electron chi connectivity index (χ1n) is 6.83. The zero-order valence-corrected chi connectivity index (χ0v) is 11.8. The van der Waals surface area contributed by atoms with Crippen molar-refractivity contribution in [2.24, 2.45) is 0 Å². The fraction of sp³-hybridized carbons (Fsp3) is 0.294. The summed E-state index contributed by atoms with van der Waals surface area (Å²) >= 11 is 0. The Morgan fingerprint density at radius 2 is 2.10 bits per heavy atom. The average molecular weight is 267 g/mol. The smallest absolute Gasteiger partial charge is 0.0420 e. The highest BCUT2D eigenvalue weighted by atomic mass is 15.3. The molecule has 0 atom stereocenters. The van der Waals surface area contributed by atoms with Crippen LogP contribution in [-0.4, -0.2) is 41.0 Å². The number of aromatic nitrogens is 1. The molecule has 0 unspecified atom stereocenters. The minimum Gasteiger partial charge on any atom is -0.369 e. The van der Waals surface area contributed by atoms with E-state index in [-0.39, 0.29) is 0 Å². The van der Waals surface area contributed by atoms with Gasteiger partial charge in [0.25, 0.3) is 0 Å². The van der Waals surface area contributed by atoms with Crippen molar-refractivity contribution in [3.8, 4) is 12.3 Å². The number of terminal acetylenes is 1. The number of allylic oxidation sites excluding steroid dienone is 3. The lowest BCUT2D eigenvalue weighted by molar-refractivity contribution is 0.154. The normalized spacial score (nSPS) is 16.8. The second kappa shape index (κ2) is 6.83. The lowest BCUT2D eigenvalue weighted by Crippen LogP contribution is -2.45. The van der Waals surface area contributed by atoms with Gasteiger partial charge in [-0.3, -0.25) is 4.90 Å². The van der Waals surface area contributed by atoms with Crippen LogP contribution in [0.4, 0.5) is 0 Å². The molecule has 1 fully saturated rings. The van der Waals surface area contributed by atoms with Crippen LogP contribution in [-0.2, 0) is 6.54 Å². The number of nitrogens with zero attached hydrogens (tertiary/aromatic N) is 2. The van der Waals surface area contributed by atoms with Gasteiger partial charge >= 0.3 is 0 Å². The van der Waals surface area contributed by atoms with Crippen molar-refractivity contribution in [1.29, 1.82) is 0 Å². The van der Waals surface area contributed by atoms with Gasteiger partial charge in [0, 0.05) is 55.9 Å². The molecule has 3 nitrogen and oxygen atoms in total. The molecule has 0 amide bonds. The van der Waals surface area contributed by atoms with Gasteiger partial charge in [-0.05, 0) is 18.2 Å². The first-order valence-corrected chi connectivity index (χ1v) is 6.83. The van der Waals surface area contributed by atoms with Gasteiger partial charge in [-0.2, -0.15) is 0 Å². The molecule has 1 aliphatic heterocycles. The highest BCUT2D eigenvalue weighted by Crippen LogP contribution is 2.13. The summed E-state index contributed by atoms with van der Waals surface area (Å²) in [6.45, 7) is 12.6. The Morgan fingerprint density at radius 3 is 2.65 bits per heavy atom. The van der Waals surface area contributed by atoms with E-state index in [1.165, 1.54) is 5.69 Å². The Balaban J connectivity index is 1.88. The van der Waals surface area contributed by atoms with E-state index < -0.39 is 0 Å². The lowest BCUT2D eigenvalue weighted by Gasteiger charge is -2.36. The van der Waals surface area contributed by atoms with Gasteiger partial charge in [0.05, 0.1) is 0 Å². The largest absolute Gasteiger partial charge is 0.369 e. The molecule has 0 bridgehead atoms. The van der Waals surface area contributed by atoms with Gasteiger partial charge < -0.3 is 9.88 Å². The van der Waals surface area contributed by atoms with E-state index in [0.717, 1.165) is 44.0 Å². The van der Waals surface area contributed by atoms with E-state index in [0.29, 0.717) is 0 Å². The Bertz CT molecular complexity index is 537. The monoisotopic (exact) mass is 267 g/mol. The van der Waals surface area contributed by atoms with Crippen molar-refractivity contribution >= 4 is 0 Å². The fourth-order valence-corrected chi connectivity index (χ4v) is 2.44. The Hall–Kier alpha value is -2.18. The van der Waals surface area contributed by atoms with E-state index >= 15 is 0 Å². The van der Waals surface area contributed by atoms with Crippen molar-refractivity contribution in [2.75, 3.05) is 26.2 Å². The fourth-order valence-electron chi connectivity index (χ4n) is 2.44. The van der Waals surface area contributed by atoms with Gasteiger partial charge in [-0.25, -0.2) is 0 Å². The summed E-state index contributed by atoms with van der Waals surface area (Å²) in [5, 5.41) is 0. The molecule has 1 aromatic heterocycles. The molecule has 0 aliphatic carbocycles. The topological polar surface area (TPSA) is 22.3 Å². The number of rotatable bonds is 5. The molecule has 1 aromatic rings. The van der Waals surface area contributed by atoms with Crippen molar-refractivity contribution in [1.82, 2.24) is 14.8 Å². The highest BCUT2D eigenvalue weighted by molar-refractivity contribution is 5.32. The van der Waals surface area contributed by atoms with Crippen molar-refractivity contribution in [3.05, 3.63) is 60.6 Å². The van der Waals surface area contributed by atoms with Gasteiger partial charge in [0.1, 0.15) is 0 Å². The molecular weight excluding hydrogens is 246 g/mol. The first-order chi connectivity index (χ1) is 9.76. The number of nitrogens with one attached hydrogen (secondary N) is 1. The second-order valence-electron chi connectivity index (χ2n) is 4.85. The standard InChI is InChI=1S/C17H21N3/c1-4-7-17(6-3)20-10-8-19(9-11-20)14-16-12-15(5-2)13-18-16/h2,4,6-7,12-13,18H,1,3,8-11,14H2/b17-7+. The van der Waals surface area contributed by atoms with Crippen LogP contribution in [0.25, 0.3) is 0 Å². The minimum absolute atomic E-state index is 0.918. The summed E-state index contributed by atoms with van der Waals surface area (Å²) < 4.78 is 0. The summed E-state index contributed by atoms with van der Waals surface area (Å²) in [4.78, 5) is 8.00. The van der Waals surface area contributed by atoms with E-state index in [2.05, 4.69) is 33.9 Å². The van der Waals surface area contributed by atoms with Crippen molar-refractivity contribution < 1.29 is 0 Å². The quantitative estimate of drug-likeness (QED) is 0.653. The Morgan fingerprint density at radius 1 is 1.35 bits per heavy atom. The molecule has 1 saturated heterocycles. The maximum Gasteiger partial charge on any atom is 0.0420 e. The minimum atomic E-state index is 0.918. The highest BCUT2D eigenvalue weighted by Gasteiger charge is 2.17. The summed E-state index contributed by atoms with van der Waals surface area (Å²) in [6.07, 6.45) is 13.0. The molecule has 1 aliphatic rings. The number of hydrogen-bond acceptors (Lipinski definition) is 2. The van der Waals surface area contributed by atoms with Crippen molar-refractivity contribution in [3.63, 3.8) is 0 Å². The first kappa shape index (κ1) is 14.2. The van der Waals surface area contributed by atoms with E-state index in [9.17, 15) is 0 Å². The summed E-state index contributed by atoms with van der Waals surface area (Å²) in [6, 6.07) is 2.04. The predicted molar refractivity (Wildman–Crippen MR) is 84.1 cm³/mol. The molecule has 104 valence electrons. The number of H-pyrrole nitrogens is 1. The molecule has 1 N–H and O–H groups in total. The zero-order valence-electron chi connectivity index (χ0n) is 11.8.